The molecular formula is C24H28N2O6S. The second-order valence-electron chi connectivity index (χ2n) is 7.64. The first kappa shape index (κ1) is 24.9. The van der Waals surface area contributed by atoms with Crippen molar-refractivity contribution in [1.82, 2.24) is 5.32 Å². The second-order valence-corrected chi connectivity index (χ2v) is 8.70. The van der Waals surface area contributed by atoms with E-state index < -0.39 is 36.4 Å². The maximum Gasteiger partial charge on any atom is 0.252 e. The van der Waals surface area contributed by atoms with Crippen molar-refractivity contribution in [2.75, 3.05) is 24.8 Å². The zero-order valence-electron chi connectivity index (χ0n) is 18.4. The number of nitrogens with one attached hydrogen (secondary N) is 1. The molecule has 0 aliphatic carbocycles. The molecule has 4 N–H and O–H groups in total. The van der Waals surface area contributed by atoms with E-state index in [1.807, 2.05) is 54.6 Å². The highest BCUT2D eigenvalue weighted by molar-refractivity contribution is 7.99. The summed E-state index contributed by atoms with van der Waals surface area (Å²) in [4.78, 5) is 28.1. The molecule has 0 aromatic heterocycles. The summed E-state index contributed by atoms with van der Waals surface area (Å²) in [5.74, 6) is -0.776. The first-order valence-corrected chi connectivity index (χ1v) is 11.4. The van der Waals surface area contributed by atoms with Gasteiger partial charge in [0.05, 0.1) is 5.69 Å². The van der Waals surface area contributed by atoms with Crippen molar-refractivity contribution in [1.29, 1.82) is 0 Å². The summed E-state index contributed by atoms with van der Waals surface area (Å²) in [7, 11) is 2.84. The number of carbonyl (C=O) groups excluding carboxylic acids is 2. The number of ether oxygens (including phenoxy) is 1. The monoisotopic (exact) mass is 472 g/mol. The van der Waals surface area contributed by atoms with Crippen LogP contribution in [0.5, 0.6) is 0 Å². The van der Waals surface area contributed by atoms with Gasteiger partial charge in [0.25, 0.3) is 5.91 Å². The molecule has 0 unspecified atom stereocenters. The Morgan fingerprint density at radius 1 is 1.12 bits per heavy atom. The molecule has 1 aliphatic heterocycles. The van der Waals surface area contributed by atoms with Gasteiger partial charge < -0.3 is 30.3 Å². The van der Waals surface area contributed by atoms with Crippen LogP contribution in [0.1, 0.15) is 5.56 Å². The van der Waals surface area contributed by atoms with Crippen LogP contribution in [0, 0.1) is 0 Å². The summed E-state index contributed by atoms with van der Waals surface area (Å²) in [5, 5.41) is 33.8. The van der Waals surface area contributed by atoms with E-state index in [0.29, 0.717) is 5.75 Å². The number of aliphatic hydroxyl groups is 3. The molecule has 0 bridgehead atoms. The van der Waals surface area contributed by atoms with E-state index in [0.717, 1.165) is 16.1 Å². The number of anilines is 1. The fourth-order valence-electron chi connectivity index (χ4n) is 3.48. The third kappa shape index (κ3) is 6.01. The highest BCUT2D eigenvalue weighted by Crippen LogP contribution is 2.33. The van der Waals surface area contributed by atoms with Gasteiger partial charge in [0.15, 0.2) is 6.10 Å². The Hall–Kier alpha value is -2.69. The molecule has 2 amide bonds. The summed E-state index contributed by atoms with van der Waals surface area (Å²) in [5.41, 5.74) is 1.55. The average Bonchev–Trinajstić information content (AvgIpc) is 2.95. The number of hydrogen-bond donors (Lipinski definition) is 4. The number of fused-ring (bicyclic) bond motifs is 1. The number of benzene rings is 2. The molecule has 2 aromatic carbocycles. The molecule has 9 heteroatoms. The van der Waals surface area contributed by atoms with Crippen molar-refractivity contribution >= 4 is 35.3 Å². The van der Waals surface area contributed by atoms with Gasteiger partial charge >= 0.3 is 0 Å². The van der Waals surface area contributed by atoms with E-state index in [-0.39, 0.29) is 5.91 Å². The number of methoxy groups -OCH3 is 1. The van der Waals surface area contributed by atoms with E-state index in [1.165, 1.54) is 29.8 Å². The lowest BCUT2D eigenvalue weighted by Gasteiger charge is -2.28. The van der Waals surface area contributed by atoms with Gasteiger partial charge in [-0.3, -0.25) is 9.59 Å². The molecule has 0 fully saturated rings. The van der Waals surface area contributed by atoms with E-state index in [4.69, 9.17) is 4.74 Å². The number of aliphatic hydroxyl groups excluding tert-OH is 3. The van der Waals surface area contributed by atoms with Crippen molar-refractivity contribution in [3.05, 3.63) is 66.2 Å². The number of amides is 2. The minimum atomic E-state index is -1.73. The number of nitrogens with zero attached hydrogens (tertiary/aromatic N) is 1. The molecule has 3 rings (SSSR count). The normalized spacial score (nSPS) is 20.0. The van der Waals surface area contributed by atoms with Crippen molar-refractivity contribution in [3.63, 3.8) is 0 Å². The Morgan fingerprint density at radius 3 is 2.48 bits per heavy atom. The third-order valence-corrected chi connectivity index (χ3v) is 6.54. The van der Waals surface area contributed by atoms with Crippen LogP contribution in [0.25, 0.3) is 6.08 Å². The molecule has 33 heavy (non-hydrogen) atoms. The van der Waals surface area contributed by atoms with E-state index >= 15 is 0 Å². The number of hydrogen-bond acceptors (Lipinski definition) is 7. The van der Waals surface area contributed by atoms with Crippen molar-refractivity contribution in [2.45, 2.75) is 35.4 Å². The molecule has 1 aliphatic rings. The van der Waals surface area contributed by atoms with Gasteiger partial charge in [-0.2, -0.15) is 0 Å². The minimum Gasteiger partial charge on any atom is -0.387 e. The van der Waals surface area contributed by atoms with E-state index in [9.17, 15) is 24.9 Å². The number of rotatable bonds is 8. The summed E-state index contributed by atoms with van der Waals surface area (Å²) >= 11 is 1.43. The van der Waals surface area contributed by atoms with Gasteiger partial charge in [-0.05, 0) is 17.7 Å². The summed E-state index contributed by atoms with van der Waals surface area (Å²) in [6.45, 7) is 0. The summed E-state index contributed by atoms with van der Waals surface area (Å²) < 4.78 is 5.12. The Bertz CT molecular complexity index is 986. The molecule has 0 saturated carbocycles. The zero-order valence-corrected chi connectivity index (χ0v) is 19.2. The molecule has 8 nitrogen and oxygen atoms in total. The lowest BCUT2D eigenvalue weighted by atomic mass is 10.0. The largest absolute Gasteiger partial charge is 0.387 e. The van der Waals surface area contributed by atoms with Crippen LogP contribution in [-0.2, 0) is 14.3 Å². The Balaban J connectivity index is 1.65. The second kappa shape index (κ2) is 11.4. The maximum atomic E-state index is 12.9. The lowest BCUT2D eigenvalue weighted by Crippen LogP contribution is -2.56. The number of thioether (sulfide) groups is 1. The standard InChI is InChI=1S/C24H28N2O6S/c1-26-17-10-6-7-11-19(17)33-14-16(24(26)31)25-23(30)22(32-2)21(29)20(28)18(27)13-12-15-8-4-3-5-9-15/h3-13,16,18,20-22,27-29H,14H2,1-2H3,(H,25,30)/t16-,18+,20-,21+,22+/m0/s1. The predicted octanol–water partition coefficient (Wildman–Crippen LogP) is 1.05. The first-order valence-electron chi connectivity index (χ1n) is 10.4. The summed E-state index contributed by atoms with van der Waals surface area (Å²) in [6, 6.07) is 15.7. The summed E-state index contributed by atoms with van der Waals surface area (Å²) in [6.07, 6.45) is -3.43. The van der Waals surface area contributed by atoms with Crippen LogP contribution in [-0.4, -0.2) is 77.5 Å². The van der Waals surface area contributed by atoms with E-state index in [1.54, 1.807) is 13.1 Å². The van der Waals surface area contributed by atoms with Gasteiger partial charge in [-0.25, -0.2) is 0 Å². The van der Waals surface area contributed by atoms with Gasteiger partial charge in [0.1, 0.15) is 24.4 Å². The lowest BCUT2D eigenvalue weighted by molar-refractivity contribution is -0.150. The van der Waals surface area contributed by atoms with Crippen LogP contribution in [0.15, 0.2) is 65.6 Å². The smallest absolute Gasteiger partial charge is 0.252 e. The molecule has 176 valence electrons. The molecule has 0 radical (unpaired) electrons. The highest BCUT2D eigenvalue weighted by Gasteiger charge is 2.38. The zero-order chi connectivity index (χ0) is 24.0. The van der Waals surface area contributed by atoms with Gasteiger partial charge in [0.2, 0.25) is 5.91 Å². The van der Waals surface area contributed by atoms with Gasteiger partial charge in [0, 0.05) is 24.8 Å². The van der Waals surface area contributed by atoms with Gasteiger partial charge in [-0.15, -0.1) is 11.8 Å². The third-order valence-electron chi connectivity index (χ3n) is 5.39. The topological polar surface area (TPSA) is 119 Å². The maximum absolute atomic E-state index is 12.9. The first-order chi connectivity index (χ1) is 15.8. The van der Waals surface area contributed by atoms with Crippen LogP contribution >= 0.6 is 11.8 Å². The molecule has 1 heterocycles. The fourth-order valence-corrected chi connectivity index (χ4v) is 4.58. The Kier molecular flexibility index (Phi) is 8.65. The molecular weight excluding hydrogens is 444 g/mol. The molecule has 5 atom stereocenters. The predicted molar refractivity (Wildman–Crippen MR) is 127 cm³/mol. The van der Waals surface area contributed by atoms with Crippen LogP contribution in [0.2, 0.25) is 0 Å². The SMILES string of the molecule is CO[C@@H](C(=O)N[C@H]1CSc2ccccc2N(C)C1=O)[C@H](O)[C@@H](O)[C@H](O)C=Cc1ccccc1. The average molecular weight is 473 g/mol. The minimum absolute atomic E-state index is 0.295. The fraction of sp³-hybridized carbons (Fsp3) is 0.333. The number of likely N-dealkylation sites (N-methyl/N-ethyl adjacent to an activating group) is 1. The van der Waals surface area contributed by atoms with Crippen molar-refractivity contribution in [3.8, 4) is 0 Å². The Morgan fingerprint density at radius 2 is 1.79 bits per heavy atom. The van der Waals surface area contributed by atoms with E-state index in [2.05, 4.69) is 5.32 Å². The number of carbonyl (C=O) groups is 2. The van der Waals surface area contributed by atoms with Gasteiger partial charge in [-0.1, -0.05) is 54.6 Å². The van der Waals surface area contributed by atoms with Crippen LogP contribution in [0.4, 0.5) is 5.69 Å². The molecule has 0 spiro atoms. The quantitative estimate of drug-likeness (QED) is 0.453. The van der Waals surface area contributed by atoms with Crippen LogP contribution in [0.3, 0.4) is 0 Å². The number of para-hydroxylation sites is 1. The van der Waals surface area contributed by atoms with Crippen molar-refractivity contribution in [2.24, 2.45) is 0 Å². The molecule has 0 saturated heterocycles. The highest BCUT2D eigenvalue weighted by atomic mass is 32.2. The molecule has 2 aromatic rings. The Labute approximate surface area is 196 Å². The van der Waals surface area contributed by atoms with Crippen molar-refractivity contribution < 1.29 is 29.6 Å². The van der Waals surface area contributed by atoms with Crippen LogP contribution < -0.4 is 10.2 Å².